The van der Waals surface area contributed by atoms with Gasteiger partial charge in [0.1, 0.15) is 11.5 Å². The van der Waals surface area contributed by atoms with Gasteiger partial charge in [-0.1, -0.05) is 36.4 Å². The standard InChI is InChI=1S/C33H39NO5/c1-6-34(21-23-9-7-22(8-10-23)17-31(35)36)30-20-27(38-5)15-16-29(30)26-12-11-25-19-28(14-13-24(25)18-26)39-32(37)33(2,3)4/h7-10,13-16,19-20,26H,6,11-12,17-18,21H2,1-5H3,(H,35,36). The molecule has 0 heterocycles. The van der Waals surface area contributed by atoms with E-state index >= 15 is 0 Å². The molecule has 0 bridgehead atoms. The van der Waals surface area contributed by atoms with Crippen molar-refractivity contribution in [2.45, 2.75) is 65.8 Å². The Hall–Kier alpha value is -3.80. The molecule has 0 radical (unpaired) electrons. The Morgan fingerprint density at radius 2 is 1.64 bits per heavy atom. The van der Waals surface area contributed by atoms with Crippen molar-refractivity contribution in [3.8, 4) is 11.5 Å². The number of ether oxygens (including phenoxy) is 2. The van der Waals surface area contributed by atoms with E-state index in [1.807, 2.05) is 63.2 Å². The highest BCUT2D eigenvalue weighted by Gasteiger charge is 2.27. The smallest absolute Gasteiger partial charge is 0.316 e. The van der Waals surface area contributed by atoms with Crippen molar-refractivity contribution in [3.63, 3.8) is 0 Å². The molecule has 1 atom stereocenters. The molecule has 0 fully saturated rings. The molecule has 1 aliphatic carbocycles. The number of hydrogen-bond acceptors (Lipinski definition) is 5. The van der Waals surface area contributed by atoms with Gasteiger partial charge in [-0.15, -0.1) is 0 Å². The molecule has 206 valence electrons. The second-order valence-corrected chi connectivity index (χ2v) is 11.3. The van der Waals surface area contributed by atoms with E-state index in [1.54, 1.807) is 7.11 Å². The number of carboxylic acids is 1. The van der Waals surface area contributed by atoms with Crippen LogP contribution < -0.4 is 14.4 Å². The van der Waals surface area contributed by atoms with E-state index in [4.69, 9.17) is 14.6 Å². The van der Waals surface area contributed by atoms with Crippen molar-refractivity contribution in [3.05, 3.63) is 88.5 Å². The van der Waals surface area contributed by atoms with Crippen LogP contribution in [0.25, 0.3) is 0 Å². The number of aryl methyl sites for hydroxylation is 1. The van der Waals surface area contributed by atoms with Crippen LogP contribution in [0.2, 0.25) is 0 Å². The summed E-state index contributed by atoms with van der Waals surface area (Å²) in [5.74, 6) is 0.744. The van der Waals surface area contributed by atoms with Crippen molar-refractivity contribution in [1.82, 2.24) is 0 Å². The van der Waals surface area contributed by atoms with Crippen LogP contribution in [0.5, 0.6) is 11.5 Å². The maximum atomic E-state index is 12.4. The number of carbonyl (C=O) groups is 2. The number of carbonyl (C=O) groups excluding carboxylic acids is 1. The molecule has 39 heavy (non-hydrogen) atoms. The Morgan fingerprint density at radius 1 is 0.949 bits per heavy atom. The molecule has 0 saturated heterocycles. The molecule has 1 N–H and O–H groups in total. The molecule has 0 saturated carbocycles. The minimum Gasteiger partial charge on any atom is -0.497 e. The molecular weight excluding hydrogens is 490 g/mol. The van der Waals surface area contributed by atoms with E-state index in [2.05, 4.69) is 30.0 Å². The van der Waals surface area contributed by atoms with E-state index < -0.39 is 11.4 Å². The zero-order chi connectivity index (χ0) is 28.2. The molecule has 3 aromatic carbocycles. The fourth-order valence-corrected chi connectivity index (χ4v) is 5.11. The summed E-state index contributed by atoms with van der Waals surface area (Å²) in [6, 6.07) is 20.2. The number of methoxy groups -OCH3 is 1. The fourth-order valence-electron chi connectivity index (χ4n) is 5.11. The lowest BCUT2D eigenvalue weighted by Gasteiger charge is -2.32. The first-order valence-electron chi connectivity index (χ1n) is 13.6. The summed E-state index contributed by atoms with van der Waals surface area (Å²) >= 11 is 0. The lowest BCUT2D eigenvalue weighted by molar-refractivity contribution is -0.143. The van der Waals surface area contributed by atoms with E-state index in [1.165, 1.54) is 16.7 Å². The van der Waals surface area contributed by atoms with E-state index in [0.29, 0.717) is 11.7 Å². The first-order chi connectivity index (χ1) is 18.6. The van der Waals surface area contributed by atoms with Crippen LogP contribution in [0.4, 0.5) is 5.69 Å². The number of esters is 1. The molecular formula is C33H39NO5. The van der Waals surface area contributed by atoms with Crippen LogP contribution >= 0.6 is 0 Å². The van der Waals surface area contributed by atoms with Crippen molar-refractivity contribution >= 4 is 17.6 Å². The number of rotatable bonds is 9. The van der Waals surface area contributed by atoms with Gasteiger partial charge in [-0.2, -0.15) is 0 Å². The van der Waals surface area contributed by atoms with Gasteiger partial charge in [-0.25, -0.2) is 0 Å². The van der Waals surface area contributed by atoms with E-state index in [-0.39, 0.29) is 12.4 Å². The van der Waals surface area contributed by atoms with Gasteiger partial charge in [-0.05, 0) is 98.9 Å². The lowest BCUT2D eigenvalue weighted by Crippen LogP contribution is -2.26. The number of carboxylic acid groups (broad SMARTS) is 1. The second-order valence-electron chi connectivity index (χ2n) is 11.3. The van der Waals surface area contributed by atoms with Crippen LogP contribution in [-0.2, 0) is 35.4 Å². The Morgan fingerprint density at radius 3 is 2.28 bits per heavy atom. The molecule has 6 heteroatoms. The first-order valence-corrected chi connectivity index (χ1v) is 13.6. The maximum absolute atomic E-state index is 12.4. The molecule has 0 amide bonds. The van der Waals surface area contributed by atoms with E-state index in [9.17, 15) is 9.59 Å². The van der Waals surface area contributed by atoms with Gasteiger partial charge in [0.15, 0.2) is 0 Å². The average molecular weight is 530 g/mol. The molecule has 0 spiro atoms. The Kier molecular flexibility index (Phi) is 8.63. The predicted octanol–water partition coefficient (Wildman–Crippen LogP) is 6.57. The van der Waals surface area contributed by atoms with E-state index in [0.717, 1.165) is 54.9 Å². The number of anilines is 1. The zero-order valence-electron chi connectivity index (χ0n) is 23.6. The monoisotopic (exact) mass is 529 g/mol. The third kappa shape index (κ3) is 6.99. The molecule has 3 aromatic rings. The molecule has 1 aliphatic rings. The largest absolute Gasteiger partial charge is 0.497 e. The number of fused-ring (bicyclic) bond motifs is 1. The highest BCUT2D eigenvalue weighted by molar-refractivity contribution is 5.78. The summed E-state index contributed by atoms with van der Waals surface area (Å²) in [6.45, 7) is 9.27. The Labute approximate surface area is 231 Å². The summed E-state index contributed by atoms with van der Waals surface area (Å²) < 4.78 is 11.2. The molecule has 4 rings (SSSR count). The van der Waals surface area contributed by atoms with Gasteiger partial charge in [-0.3, -0.25) is 9.59 Å². The molecule has 6 nitrogen and oxygen atoms in total. The van der Waals surface area contributed by atoms with Gasteiger partial charge in [0.25, 0.3) is 0 Å². The third-order valence-corrected chi connectivity index (χ3v) is 7.38. The summed E-state index contributed by atoms with van der Waals surface area (Å²) in [7, 11) is 1.69. The Bertz CT molecular complexity index is 1320. The number of nitrogens with zero attached hydrogens (tertiary/aromatic N) is 1. The van der Waals surface area contributed by atoms with Crippen LogP contribution in [-0.4, -0.2) is 30.7 Å². The SMILES string of the molecule is CCN(Cc1ccc(CC(=O)O)cc1)c1cc(OC)ccc1C1CCc2cc(OC(=O)C(C)(C)C)ccc2C1. The number of aliphatic carboxylic acids is 1. The van der Waals surface area contributed by atoms with Gasteiger partial charge in [0.05, 0.1) is 18.9 Å². The van der Waals surface area contributed by atoms with Crippen molar-refractivity contribution in [2.75, 3.05) is 18.6 Å². The second kappa shape index (κ2) is 11.9. The highest BCUT2D eigenvalue weighted by Crippen LogP contribution is 2.40. The van der Waals surface area contributed by atoms with Gasteiger partial charge in [0, 0.05) is 24.8 Å². The van der Waals surface area contributed by atoms with Gasteiger partial charge < -0.3 is 19.5 Å². The van der Waals surface area contributed by atoms with Crippen LogP contribution in [0, 0.1) is 5.41 Å². The minimum atomic E-state index is -0.824. The number of benzene rings is 3. The quantitative estimate of drug-likeness (QED) is 0.249. The summed E-state index contributed by atoms with van der Waals surface area (Å²) in [5, 5.41) is 9.07. The summed E-state index contributed by atoms with van der Waals surface area (Å²) in [6.07, 6.45) is 2.87. The fraction of sp³-hybridized carbons (Fsp3) is 0.394. The topological polar surface area (TPSA) is 76.1 Å². The van der Waals surface area contributed by atoms with Crippen molar-refractivity contribution in [1.29, 1.82) is 0 Å². The molecule has 1 unspecified atom stereocenters. The zero-order valence-corrected chi connectivity index (χ0v) is 23.6. The predicted molar refractivity (Wildman–Crippen MR) is 154 cm³/mol. The normalized spacial score (nSPS) is 14.8. The van der Waals surface area contributed by atoms with Crippen LogP contribution in [0.3, 0.4) is 0 Å². The first kappa shape index (κ1) is 28.2. The number of hydrogen-bond donors (Lipinski definition) is 1. The lowest BCUT2D eigenvalue weighted by atomic mass is 9.79. The Balaban J connectivity index is 1.56. The van der Waals surface area contributed by atoms with Crippen molar-refractivity contribution in [2.24, 2.45) is 5.41 Å². The average Bonchev–Trinajstić information content (AvgIpc) is 2.91. The minimum absolute atomic E-state index is 0.0292. The summed E-state index contributed by atoms with van der Waals surface area (Å²) in [4.78, 5) is 25.7. The maximum Gasteiger partial charge on any atom is 0.316 e. The summed E-state index contributed by atoms with van der Waals surface area (Å²) in [5.41, 5.74) is 6.39. The molecule has 0 aliphatic heterocycles. The third-order valence-electron chi connectivity index (χ3n) is 7.38. The highest BCUT2D eigenvalue weighted by atomic mass is 16.5. The van der Waals surface area contributed by atoms with Gasteiger partial charge >= 0.3 is 11.9 Å². The van der Waals surface area contributed by atoms with Crippen LogP contribution in [0.15, 0.2) is 60.7 Å². The van der Waals surface area contributed by atoms with Gasteiger partial charge in [0.2, 0.25) is 0 Å². The molecule has 0 aromatic heterocycles. The van der Waals surface area contributed by atoms with Crippen LogP contribution in [0.1, 0.15) is 67.9 Å². The van der Waals surface area contributed by atoms with Crippen molar-refractivity contribution < 1.29 is 24.2 Å².